The Bertz CT molecular complexity index is 1090. The fourth-order valence-electron chi connectivity index (χ4n) is 4.77. The number of hydrogen-bond donors (Lipinski definition) is 1. The maximum absolute atomic E-state index is 12.3. The first kappa shape index (κ1) is 23.3. The normalized spacial score (nSPS) is 26.3. The van der Waals surface area contributed by atoms with E-state index in [4.69, 9.17) is 29.6 Å². The maximum atomic E-state index is 12.3. The highest BCUT2D eigenvalue weighted by Crippen LogP contribution is 2.58. The SMILES string of the molecule is CON=Cc1cc(OC(C)=O)c2c(c1)N1CC3C(N3C(C)=O)C(OC(C)=O)(O1)C2COC(N)=O. The molecule has 1 aromatic carbocycles. The summed E-state index contributed by atoms with van der Waals surface area (Å²) in [4.78, 5) is 60.5. The van der Waals surface area contributed by atoms with Crippen molar-refractivity contribution in [1.29, 1.82) is 0 Å². The molecular weight excluding hydrogens is 452 g/mol. The summed E-state index contributed by atoms with van der Waals surface area (Å²) < 4.78 is 16.3. The molecule has 0 aliphatic carbocycles. The lowest BCUT2D eigenvalue weighted by atomic mass is 9.82. The highest BCUT2D eigenvalue weighted by Gasteiger charge is 2.73. The van der Waals surface area contributed by atoms with E-state index in [0.717, 1.165) is 0 Å². The molecular formula is C21H24N4O9. The molecule has 2 amide bonds. The third-order valence-electron chi connectivity index (χ3n) is 5.82. The number of oxime groups is 1. The molecule has 4 atom stereocenters. The van der Waals surface area contributed by atoms with Crippen molar-refractivity contribution in [3.8, 4) is 5.75 Å². The minimum absolute atomic E-state index is 0.110. The van der Waals surface area contributed by atoms with E-state index >= 15 is 0 Å². The van der Waals surface area contributed by atoms with E-state index in [2.05, 4.69) is 5.16 Å². The molecule has 0 aromatic heterocycles. The van der Waals surface area contributed by atoms with Gasteiger partial charge >= 0.3 is 18.0 Å². The van der Waals surface area contributed by atoms with Crippen LogP contribution in [-0.2, 0) is 33.5 Å². The lowest BCUT2D eigenvalue weighted by Crippen LogP contribution is -2.61. The van der Waals surface area contributed by atoms with Crippen LogP contribution in [0, 0.1) is 0 Å². The standard InChI is InChI=1S/C21H24N4O9/c1-10(26)25-16-8-24-15-5-13(7-23-30-4)6-17(32-11(2)27)18(15)14(9-31-20(22)29)21(34-24,19(16)25)33-12(3)28/h5-7,14,16,19H,8-9H2,1-4H3,(H2,22,29). The van der Waals surface area contributed by atoms with Crippen LogP contribution in [0.25, 0.3) is 0 Å². The fourth-order valence-corrected chi connectivity index (χ4v) is 4.77. The smallest absolute Gasteiger partial charge is 0.404 e. The van der Waals surface area contributed by atoms with Crippen LogP contribution in [0.4, 0.5) is 10.5 Å². The number of fused-ring (bicyclic) bond motifs is 6. The van der Waals surface area contributed by atoms with Gasteiger partial charge in [0.15, 0.2) is 0 Å². The van der Waals surface area contributed by atoms with E-state index in [0.29, 0.717) is 16.8 Å². The number of ether oxygens (including phenoxy) is 3. The summed E-state index contributed by atoms with van der Waals surface area (Å²) in [5.41, 5.74) is 6.56. The van der Waals surface area contributed by atoms with Crippen LogP contribution in [-0.4, -0.2) is 73.2 Å². The van der Waals surface area contributed by atoms with Gasteiger partial charge in [-0.05, 0) is 12.1 Å². The van der Waals surface area contributed by atoms with Crippen LogP contribution in [0.5, 0.6) is 5.75 Å². The molecule has 4 rings (SSSR count). The maximum Gasteiger partial charge on any atom is 0.404 e. The van der Waals surface area contributed by atoms with E-state index in [1.165, 1.54) is 50.1 Å². The van der Waals surface area contributed by atoms with E-state index in [1.807, 2.05) is 0 Å². The zero-order valence-electron chi connectivity index (χ0n) is 19.0. The van der Waals surface area contributed by atoms with Crippen LogP contribution >= 0.6 is 0 Å². The summed E-state index contributed by atoms with van der Waals surface area (Å²) in [6, 6.07) is 2.25. The van der Waals surface area contributed by atoms with Gasteiger partial charge in [-0.15, -0.1) is 0 Å². The van der Waals surface area contributed by atoms with E-state index in [1.54, 1.807) is 6.07 Å². The Morgan fingerprint density at radius 2 is 1.97 bits per heavy atom. The highest BCUT2D eigenvalue weighted by molar-refractivity contribution is 5.86. The van der Waals surface area contributed by atoms with Crippen molar-refractivity contribution < 1.29 is 43.1 Å². The summed E-state index contributed by atoms with van der Waals surface area (Å²) in [7, 11) is 1.38. The highest BCUT2D eigenvalue weighted by atomic mass is 16.8. The molecule has 3 heterocycles. The quantitative estimate of drug-likeness (QED) is 0.200. The van der Waals surface area contributed by atoms with Crippen LogP contribution in [0.2, 0.25) is 0 Å². The minimum Gasteiger partial charge on any atom is -0.449 e. The Balaban J connectivity index is 1.94. The van der Waals surface area contributed by atoms with Gasteiger partial charge in [-0.3, -0.25) is 14.4 Å². The molecule has 2 bridgehead atoms. The molecule has 0 radical (unpaired) electrons. The number of primary amides is 1. The summed E-state index contributed by atoms with van der Waals surface area (Å²) in [6.07, 6.45) is 0.341. The second-order valence-electron chi connectivity index (χ2n) is 8.05. The Kier molecular flexibility index (Phi) is 5.81. The predicted octanol–water partition coefficient (Wildman–Crippen LogP) is 0.395. The van der Waals surface area contributed by atoms with Gasteiger partial charge in [0.1, 0.15) is 25.5 Å². The number of hydrogen-bond acceptors (Lipinski definition) is 11. The van der Waals surface area contributed by atoms with Gasteiger partial charge in [0.05, 0.1) is 30.4 Å². The van der Waals surface area contributed by atoms with E-state index in [-0.39, 0.29) is 30.9 Å². The molecule has 2 saturated heterocycles. The second kappa shape index (κ2) is 8.48. The summed E-state index contributed by atoms with van der Waals surface area (Å²) in [5, 5.41) is 5.22. The zero-order valence-corrected chi connectivity index (χ0v) is 19.0. The first-order valence-electron chi connectivity index (χ1n) is 10.4. The molecule has 3 aliphatic heterocycles. The molecule has 13 heteroatoms. The van der Waals surface area contributed by atoms with Gasteiger partial charge in [0.2, 0.25) is 5.91 Å². The molecule has 3 aliphatic rings. The van der Waals surface area contributed by atoms with Crippen molar-refractivity contribution in [1.82, 2.24) is 4.90 Å². The van der Waals surface area contributed by atoms with Crippen molar-refractivity contribution in [2.24, 2.45) is 10.9 Å². The Morgan fingerprint density at radius 3 is 2.56 bits per heavy atom. The number of nitrogens with zero attached hydrogens (tertiary/aromatic N) is 3. The van der Waals surface area contributed by atoms with Crippen molar-refractivity contribution in [3.63, 3.8) is 0 Å². The van der Waals surface area contributed by atoms with E-state index in [9.17, 15) is 19.2 Å². The van der Waals surface area contributed by atoms with Crippen LogP contribution in [0.3, 0.4) is 0 Å². The molecule has 1 aromatic rings. The van der Waals surface area contributed by atoms with Gasteiger partial charge in [0.25, 0.3) is 5.79 Å². The zero-order chi connectivity index (χ0) is 24.8. The predicted molar refractivity (Wildman–Crippen MR) is 114 cm³/mol. The average molecular weight is 476 g/mol. The number of anilines is 1. The Hall–Kier alpha value is -3.87. The summed E-state index contributed by atoms with van der Waals surface area (Å²) in [6.45, 7) is 3.70. The Labute approximate surface area is 194 Å². The summed E-state index contributed by atoms with van der Waals surface area (Å²) in [5.74, 6) is -4.17. The number of carbonyl (C=O) groups is 4. The lowest BCUT2D eigenvalue weighted by molar-refractivity contribution is -0.265. The summed E-state index contributed by atoms with van der Waals surface area (Å²) >= 11 is 0. The minimum atomic E-state index is -1.75. The van der Waals surface area contributed by atoms with E-state index < -0.39 is 35.8 Å². The number of nitrogens with two attached hydrogens (primary N) is 1. The topological polar surface area (TPSA) is 159 Å². The molecule has 0 spiro atoms. The number of esters is 2. The number of amides is 2. The fraction of sp³-hybridized carbons (Fsp3) is 0.476. The molecule has 34 heavy (non-hydrogen) atoms. The van der Waals surface area contributed by atoms with Crippen LogP contribution in [0.1, 0.15) is 37.8 Å². The van der Waals surface area contributed by atoms with Gasteiger partial charge < -0.3 is 29.7 Å². The number of benzene rings is 1. The molecule has 182 valence electrons. The third kappa shape index (κ3) is 3.87. The van der Waals surface area contributed by atoms with Crippen molar-refractivity contribution in [3.05, 3.63) is 23.3 Å². The van der Waals surface area contributed by atoms with Gasteiger partial charge in [-0.25, -0.2) is 14.7 Å². The number of carbonyl (C=O) groups excluding carboxylic acids is 4. The van der Waals surface area contributed by atoms with Crippen molar-refractivity contribution in [2.75, 3.05) is 25.3 Å². The van der Waals surface area contributed by atoms with Gasteiger partial charge in [-0.1, -0.05) is 5.16 Å². The number of rotatable bonds is 6. The second-order valence-corrected chi connectivity index (χ2v) is 8.05. The lowest BCUT2D eigenvalue weighted by Gasteiger charge is -2.49. The molecule has 0 saturated carbocycles. The average Bonchev–Trinajstić information content (AvgIpc) is 3.47. The molecule has 2 N–H and O–H groups in total. The molecule has 4 unspecified atom stereocenters. The van der Waals surface area contributed by atoms with Gasteiger partial charge in [0, 0.05) is 31.9 Å². The molecule has 2 fully saturated rings. The first-order valence-corrected chi connectivity index (χ1v) is 10.4. The first-order chi connectivity index (χ1) is 16.1. The van der Waals surface area contributed by atoms with Gasteiger partial charge in [-0.2, -0.15) is 0 Å². The third-order valence-corrected chi connectivity index (χ3v) is 5.82. The van der Waals surface area contributed by atoms with Crippen molar-refractivity contribution >= 4 is 35.8 Å². The van der Waals surface area contributed by atoms with Crippen LogP contribution in [0.15, 0.2) is 17.3 Å². The number of hydroxylamine groups is 1. The molecule has 13 nitrogen and oxygen atoms in total. The Morgan fingerprint density at radius 1 is 1.24 bits per heavy atom. The van der Waals surface area contributed by atoms with Crippen LogP contribution < -0.4 is 15.5 Å². The largest absolute Gasteiger partial charge is 0.449 e. The monoisotopic (exact) mass is 476 g/mol. The van der Waals surface area contributed by atoms with Crippen molar-refractivity contribution in [2.45, 2.75) is 44.6 Å².